The molecule has 0 N–H and O–H groups in total. The van der Waals surface area contributed by atoms with Gasteiger partial charge >= 0.3 is 0 Å². The van der Waals surface area contributed by atoms with Crippen LogP contribution in [0.1, 0.15) is 44.6 Å². The first kappa shape index (κ1) is 17.4. The van der Waals surface area contributed by atoms with Gasteiger partial charge in [-0.15, -0.1) is 0 Å². The van der Waals surface area contributed by atoms with Crippen LogP contribution in [0.3, 0.4) is 0 Å². The van der Waals surface area contributed by atoms with E-state index in [1.165, 1.54) is 0 Å². The molecule has 0 aliphatic carbocycles. The van der Waals surface area contributed by atoms with Crippen LogP contribution in [0.25, 0.3) is 11.4 Å². The van der Waals surface area contributed by atoms with Gasteiger partial charge < -0.3 is 4.74 Å². The van der Waals surface area contributed by atoms with Crippen LogP contribution in [0.15, 0.2) is 36.7 Å². The summed E-state index contributed by atoms with van der Waals surface area (Å²) in [4.78, 5) is 8.63. The van der Waals surface area contributed by atoms with Crippen LogP contribution in [0.4, 0.5) is 4.39 Å². The molecular weight excluding hydrogens is 291 g/mol. The first-order chi connectivity index (χ1) is 11.2. The Hall–Kier alpha value is -1.97. The van der Waals surface area contributed by atoms with Crippen molar-refractivity contribution < 1.29 is 9.13 Å². The lowest BCUT2D eigenvalue weighted by Crippen LogP contribution is -2.00. The van der Waals surface area contributed by atoms with E-state index in [2.05, 4.69) is 9.97 Å². The lowest BCUT2D eigenvalue weighted by molar-refractivity contribution is 0.280. The Morgan fingerprint density at radius 3 is 2.39 bits per heavy atom. The number of nitrogens with zero attached hydrogens (tertiary/aromatic N) is 2. The molecule has 0 spiro atoms. The third kappa shape index (κ3) is 5.97. The van der Waals surface area contributed by atoms with Crippen molar-refractivity contribution in [3.05, 3.63) is 42.2 Å². The van der Waals surface area contributed by atoms with Crippen molar-refractivity contribution in [3.63, 3.8) is 0 Å². The highest BCUT2D eigenvalue weighted by atomic mass is 19.1. The van der Waals surface area contributed by atoms with Crippen LogP contribution in [0.5, 0.6) is 5.75 Å². The summed E-state index contributed by atoms with van der Waals surface area (Å²) >= 11 is 0. The highest BCUT2D eigenvalue weighted by molar-refractivity contribution is 5.55. The average molecular weight is 316 g/mol. The molecule has 2 rings (SSSR count). The lowest BCUT2D eigenvalue weighted by atomic mass is 10.1. The van der Waals surface area contributed by atoms with Crippen LogP contribution in [-0.2, 0) is 0 Å². The number of aryl methyl sites for hydroxylation is 1. The van der Waals surface area contributed by atoms with Crippen LogP contribution in [-0.4, -0.2) is 22.7 Å². The number of rotatable bonds is 9. The smallest absolute Gasteiger partial charge is 0.159 e. The topological polar surface area (TPSA) is 35.0 Å². The molecule has 0 saturated heterocycles. The molecule has 1 aromatic heterocycles. The molecule has 3 nitrogen and oxygen atoms in total. The quantitative estimate of drug-likeness (QED) is 0.601. The zero-order valence-corrected chi connectivity index (χ0v) is 14.0. The first-order valence-corrected chi connectivity index (χ1v) is 8.35. The third-order valence-electron chi connectivity index (χ3n) is 3.77. The van der Waals surface area contributed by atoms with Gasteiger partial charge in [0.15, 0.2) is 5.82 Å². The van der Waals surface area contributed by atoms with Gasteiger partial charge in [-0.3, -0.25) is 0 Å². The fourth-order valence-corrected chi connectivity index (χ4v) is 2.28. The van der Waals surface area contributed by atoms with Crippen molar-refractivity contribution in [2.75, 3.05) is 6.61 Å². The standard InChI is InChI=1S/C19H25FN2O/c1-3-17(20)7-5-4-6-12-23-18-10-8-16(9-11-18)19-21-13-15(2)14-22-19/h8-11,13-14,17H,3-7,12H2,1-2H3. The largest absolute Gasteiger partial charge is 0.494 e. The van der Waals surface area contributed by atoms with Gasteiger partial charge in [-0.25, -0.2) is 14.4 Å². The zero-order chi connectivity index (χ0) is 16.5. The van der Waals surface area contributed by atoms with Gasteiger partial charge in [-0.2, -0.15) is 0 Å². The predicted octanol–water partition coefficient (Wildman–Crippen LogP) is 5.14. The minimum atomic E-state index is -0.646. The van der Waals surface area contributed by atoms with E-state index in [1.807, 2.05) is 50.5 Å². The van der Waals surface area contributed by atoms with E-state index in [-0.39, 0.29) is 0 Å². The summed E-state index contributed by atoms with van der Waals surface area (Å²) in [5.74, 6) is 1.57. The van der Waals surface area contributed by atoms with E-state index in [1.54, 1.807) is 0 Å². The number of alkyl halides is 1. The Morgan fingerprint density at radius 1 is 1.04 bits per heavy atom. The van der Waals surface area contributed by atoms with E-state index in [0.717, 1.165) is 42.0 Å². The molecule has 0 aliphatic heterocycles. The van der Waals surface area contributed by atoms with E-state index in [0.29, 0.717) is 19.4 Å². The maximum Gasteiger partial charge on any atom is 0.159 e. The number of benzene rings is 1. The Balaban J connectivity index is 1.72. The molecule has 0 aliphatic rings. The van der Waals surface area contributed by atoms with Crippen molar-refractivity contribution in [3.8, 4) is 17.1 Å². The summed E-state index contributed by atoms with van der Waals surface area (Å²) in [6.45, 7) is 4.53. The number of ether oxygens (including phenoxy) is 1. The number of halogens is 1. The molecule has 124 valence electrons. The molecule has 0 saturated carbocycles. The minimum Gasteiger partial charge on any atom is -0.494 e. The summed E-state index contributed by atoms with van der Waals surface area (Å²) in [5, 5.41) is 0. The number of aromatic nitrogens is 2. The molecule has 23 heavy (non-hydrogen) atoms. The maximum absolute atomic E-state index is 13.1. The molecule has 1 unspecified atom stereocenters. The summed E-state index contributed by atoms with van der Waals surface area (Å²) in [6, 6.07) is 7.81. The first-order valence-electron chi connectivity index (χ1n) is 8.35. The van der Waals surface area contributed by atoms with Crippen molar-refractivity contribution in [1.82, 2.24) is 9.97 Å². The Morgan fingerprint density at radius 2 is 1.74 bits per heavy atom. The second kappa shape index (κ2) is 9.23. The van der Waals surface area contributed by atoms with Gasteiger partial charge in [0.1, 0.15) is 5.75 Å². The van der Waals surface area contributed by atoms with Crippen molar-refractivity contribution >= 4 is 0 Å². The molecule has 0 fully saturated rings. The molecule has 1 atom stereocenters. The van der Waals surface area contributed by atoms with Gasteiger partial charge in [0.25, 0.3) is 0 Å². The minimum absolute atomic E-state index is 0.619. The monoisotopic (exact) mass is 316 g/mol. The lowest BCUT2D eigenvalue weighted by Gasteiger charge is -2.08. The second-order valence-corrected chi connectivity index (χ2v) is 5.81. The van der Waals surface area contributed by atoms with Gasteiger partial charge in [0.2, 0.25) is 0 Å². The highest BCUT2D eigenvalue weighted by Gasteiger charge is 2.03. The highest BCUT2D eigenvalue weighted by Crippen LogP contribution is 2.19. The number of hydrogen-bond donors (Lipinski definition) is 0. The fraction of sp³-hybridized carbons (Fsp3) is 0.474. The Bertz CT molecular complexity index is 569. The summed E-state index contributed by atoms with van der Waals surface area (Å²) in [7, 11) is 0. The Kier molecular flexibility index (Phi) is 6.98. The summed E-state index contributed by atoms with van der Waals surface area (Å²) < 4.78 is 18.8. The maximum atomic E-state index is 13.1. The van der Waals surface area contributed by atoms with Gasteiger partial charge in [-0.05, 0) is 62.4 Å². The molecule has 4 heteroatoms. The van der Waals surface area contributed by atoms with E-state index in [4.69, 9.17) is 4.74 Å². The molecule has 2 aromatic rings. The molecular formula is C19H25FN2O. The van der Waals surface area contributed by atoms with Crippen LogP contribution in [0, 0.1) is 6.92 Å². The molecule has 1 heterocycles. The SMILES string of the molecule is CCC(F)CCCCCOc1ccc(-c2ncc(C)cn2)cc1. The predicted molar refractivity (Wildman–Crippen MR) is 91.4 cm³/mol. The van der Waals surface area contributed by atoms with Crippen molar-refractivity contribution in [2.24, 2.45) is 0 Å². The van der Waals surface area contributed by atoms with E-state index >= 15 is 0 Å². The van der Waals surface area contributed by atoms with Crippen molar-refractivity contribution in [2.45, 2.75) is 52.1 Å². The Labute approximate surface area is 137 Å². The van der Waals surface area contributed by atoms with Crippen LogP contribution in [0.2, 0.25) is 0 Å². The van der Waals surface area contributed by atoms with Gasteiger partial charge in [-0.1, -0.05) is 13.3 Å². The van der Waals surface area contributed by atoms with Crippen LogP contribution >= 0.6 is 0 Å². The zero-order valence-electron chi connectivity index (χ0n) is 14.0. The van der Waals surface area contributed by atoms with E-state index < -0.39 is 6.17 Å². The van der Waals surface area contributed by atoms with Gasteiger partial charge in [0.05, 0.1) is 12.8 Å². The number of hydrogen-bond acceptors (Lipinski definition) is 3. The summed E-state index contributed by atoms with van der Waals surface area (Å²) in [6.07, 6.45) is 7.17. The molecule has 1 aromatic carbocycles. The van der Waals surface area contributed by atoms with Gasteiger partial charge in [0, 0.05) is 18.0 Å². The molecule has 0 bridgehead atoms. The number of unbranched alkanes of at least 4 members (excludes halogenated alkanes) is 2. The van der Waals surface area contributed by atoms with E-state index in [9.17, 15) is 4.39 Å². The third-order valence-corrected chi connectivity index (χ3v) is 3.77. The average Bonchev–Trinajstić information content (AvgIpc) is 2.59. The fourth-order valence-electron chi connectivity index (χ4n) is 2.28. The van der Waals surface area contributed by atoms with Crippen LogP contribution < -0.4 is 4.74 Å². The summed E-state index contributed by atoms with van der Waals surface area (Å²) in [5.41, 5.74) is 2.03. The second-order valence-electron chi connectivity index (χ2n) is 5.81. The van der Waals surface area contributed by atoms with Crippen molar-refractivity contribution in [1.29, 1.82) is 0 Å². The molecule has 0 amide bonds. The molecule has 0 radical (unpaired) electrons. The normalized spacial score (nSPS) is 12.1.